The first-order chi connectivity index (χ1) is 14.4. The number of hydrogen-bond donors (Lipinski definition) is 2. The maximum atomic E-state index is 12.8. The summed E-state index contributed by atoms with van der Waals surface area (Å²) in [5, 5.41) is 2.18. The first-order valence-corrected chi connectivity index (χ1v) is 12.2. The van der Waals surface area contributed by atoms with Gasteiger partial charge in [-0.15, -0.1) is 0 Å². The third-order valence-electron chi connectivity index (χ3n) is 6.45. The minimum absolute atomic E-state index is 0. The van der Waals surface area contributed by atoms with Gasteiger partial charge < -0.3 is 15.0 Å². The van der Waals surface area contributed by atoms with Gasteiger partial charge in [0.15, 0.2) is 0 Å². The van der Waals surface area contributed by atoms with Crippen molar-refractivity contribution in [2.75, 3.05) is 32.1 Å². The standard InChI is InChI=1S/C21H29N3O5S.K/c1-29-13-19(25)24-10-8-16(9-11-24)30(27,28)23-21(26)22-20-17-6-2-4-14(17)12-15-5-3-7-18(15)20;/h12,16H,2-11,13H2,1H3,(H2,22,23,26);. The Balaban J connectivity index is 0.00000272. The average Bonchev–Trinajstić information content (AvgIpc) is 3.37. The van der Waals surface area contributed by atoms with Crippen LogP contribution in [0.15, 0.2) is 6.07 Å². The van der Waals surface area contributed by atoms with Gasteiger partial charge in [0.1, 0.15) is 6.61 Å². The average molecular weight is 475 g/mol. The van der Waals surface area contributed by atoms with E-state index in [9.17, 15) is 18.0 Å². The Morgan fingerprint density at radius 1 is 1.06 bits per heavy atom. The number of amides is 3. The van der Waals surface area contributed by atoms with Crippen LogP contribution in [-0.4, -0.2) is 109 Å². The van der Waals surface area contributed by atoms with E-state index in [1.807, 2.05) is 0 Å². The molecule has 0 saturated carbocycles. The van der Waals surface area contributed by atoms with E-state index in [1.165, 1.54) is 18.2 Å². The van der Waals surface area contributed by atoms with Crippen LogP contribution in [0.4, 0.5) is 10.5 Å². The number of fused-ring (bicyclic) bond motifs is 2. The minimum Gasteiger partial charge on any atom is -0.375 e. The number of nitrogens with zero attached hydrogens (tertiary/aromatic N) is 1. The van der Waals surface area contributed by atoms with Gasteiger partial charge in [-0.1, -0.05) is 6.07 Å². The van der Waals surface area contributed by atoms with E-state index in [-0.39, 0.29) is 63.9 Å². The molecule has 0 unspecified atom stereocenters. The number of likely N-dealkylation sites (tertiary alicyclic amines) is 1. The first kappa shape index (κ1) is 25.1. The molecule has 3 aliphatic rings. The SMILES string of the molecule is COCC(=O)N1CCC(S(=O)(=O)NC(=O)Nc2c3c(cc4c2CCC4)CCC3)CC1.[K]. The minimum atomic E-state index is -3.82. The molecule has 2 N–H and O–H groups in total. The van der Waals surface area contributed by atoms with Crippen LogP contribution in [0.5, 0.6) is 0 Å². The molecule has 1 fully saturated rings. The van der Waals surface area contributed by atoms with E-state index in [2.05, 4.69) is 16.1 Å². The molecule has 8 nitrogen and oxygen atoms in total. The Labute approximate surface area is 226 Å². The van der Waals surface area contributed by atoms with Crippen LogP contribution in [0.2, 0.25) is 0 Å². The van der Waals surface area contributed by atoms with Crippen LogP contribution in [0, 0.1) is 0 Å². The van der Waals surface area contributed by atoms with Crippen molar-refractivity contribution < 1.29 is 22.7 Å². The normalized spacial score (nSPS) is 18.2. The molecule has 2 aliphatic carbocycles. The Morgan fingerprint density at radius 2 is 1.65 bits per heavy atom. The van der Waals surface area contributed by atoms with Crippen molar-refractivity contribution in [1.29, 1.82) is 0 Å². The number of benzene rings is 1. The van der Waals surface area contributed by atoms with Crippen molar-refractivity contribution in [3.8, 4) is 0 Å². The van der Waals surface area contributed by atoms with Crippen molar-refractivity contribution in [2.24, 2.45) is 0 Å². The third-order valence-corrected chi connectivity index (χ3v) is 8.27. The Hall–Kier alpha value is -0.494. The smallest absolute Gasteiger partial charge is 0.332 e. The van der Waals surface area contributed by atoms with Crippen LogP contribution < -0.4 is 10.0 Å². The Bertz CT molecular complexity index is 926. The van der Waals surface area contributed by atoms with Crippen molar-refractivity contribution in [3.05, 3.63) is 28.3 Å². The van der Waals surface area contributed by atoms with Crippen LogP contribution in [-0.2, 0) is 45.2 Å². The quantitative estimate of drug-likeness (QED) is 0.627. The summed E-state index contributed by atoms with van der Waals surface area (Å²) in [6, 6.07) is 1.57. The largest absolute Gasteiger partial charge is 0.375 e. The number of hydrogen-bond acceptors (Lipinski definition) is 5. The summed E-state index contributed by atoms with van der Waals surface area (Å²) in [4.78, 5) is 26.1. The molecular formula is C21H29KN3O5S. The molecule has 1 heterocycles. The van der Waals surface area contributed by atoms with E-state index in [0.717, 1.165) is 55.3 Å². The molecule has 0 aromatic heterocycles. The zero-order valence-electron chi connectivity index (χ0n) is 18.3. The van der Waals surface area contributed by atoms with E-state index >= 15 is 0 Å². The van der Waals surface area contributed by atoms with Gasteiger partial charge in [-0.3, -0.25) is 4.79 Å². The van der Waals surface area contributed by atoms with Gasteiger partial charge in [-0.25, -0.2) is 17.9 Å². The first-order valence-electron chi connectivity index (χ1n) is 10.6. The molecule has 0 bridgehead atoms. The monoisotopic (exact) mass is 474 g/mol. The number of urea groups is 1. The fourth-order valence-electron chi connectivity index (χ4n) is 4.95. The number of ether oxygens (including phenoxy) is 1. The molecule has 1 aromatic rings. The molecule has 1 aromatic carbocycles. The molecule has 1 saturated heterocycles. The summed E-state index contributed by atoms with van der Waals surface area (Å²) in [5.74, 6) is -0.147. The van der Waals surface area contributed by atoms with Gasteiger partial charge >= 0.3 is 6.03 Å². The Kier molecular flexibility index (Phi) is 8.61. The number of aryl methyl sites for hydroxylation is 2. The van der Waals surface area contributed by atoms with Gasteiger partial charge in [-0.2, -0.15) is 0 Å². The van der Waals surface area contributed by atoms with Gasteiger partial charge in [0.05, 0.1) is 5.25 Å². The van der Waals surface area contributed by atoms with E-state index in [1.54, 1.807) is 4.90 Å². The maximum Gasteiger partial charge on any atom is 0.332 e. The van der Waals surface area contributed by atoms with Crippen LogP contribution in [0.25, 0.3) is 0 Å². The van der Waals surface area contributed by atoms with Crippen molar-refractivity contribution in [2.45, 2.75) is 56.6 Å². The van der Waals surface area contributed by atoms with Crippen molar-refractivity contribution in [3.63, 3.8) is 0 Å². The molecule has 0 atom stereocenters. The summed E-state index contributed by atoms with van der Waals surface area (Å²) in [5.41, 5.74) is 5.70. The second-order valence-electron chi connectivity index (χ2n) is 8.35. The topological polar surface area (TPSA) is 105 Å². The molecule has 0 spiro atoms. The van der Waals surface area contributed by atoms with Crippen LogP contribution >= 0.6 is 0 Å². The van der Waals surface area contributed by atoms with Crippen LogP contribution in [0.1, 0.15) is 47.9 Å². The number of rotatable bonds is 5. The number of nitrogens with one attached hydrogen (secondary N) is 2. The van der Waals surface area contributed by atoms with E-state index < -0.39 is 21.3 Å². The summed E-state index contributed by atoms with van der Waals surface area (Å²) in [6.07, 6.45) is 6.58. The molecule has 1 radical (unpaired) electrons. The van der Waals surface area contributed by atoms with Gasteiger partial charge in [0.2, 0.25) is 15.9 Å². The maximum absolute atomic E-state index is 12.8. The van der Waals surface area contributed by atoms with Gasteiger partial charge in [0, 0.05) is 77.3 Å². The second kappa shape index (κ2) is 10.6. The van der Waals surface area contributed by atoms with Crippen LogP contribution in [0.3, 0.4) is 0 Å². The summed E-state index contributed by atoms with van der Waals surface area (Å²) >= 11 is 0. The summed E-state index contributed by atoms with van der Waals surface area (Å²) < 4.78 is 32.6. The molecule has 3 amide bonds. The Morgan fingerprint density at radius 3 is 2.19 bits per heavy atom. The number of piperidine rings is 1. The predicted octanol–water partition coefficient (Wildman–Crippen LogP) is 1.37. The molecule has 165 valence electrons. The molecule has 31 heavy (non-hydrogen) atoms. The van der Waals surface area contributed by atoms with Crippen molar-refractivity contribution >= 4 is 79.0 Å². The molecule has 10 heteroatoms. The number of anilines is 1. The molecule has 1 aliphatic heterocycles. The number of carbonyl (C=O) groups excluding carboxylic acids is 2. The zero-order valence-corrected chi connectivity index (χ0v) is 22.3. The number of sulfonamides is 1. The molecular weight excluding hydrogens is 445 g/mol. The van der Waals surface area contributed by atoms with Gasteiger partial charge in [-0.05, 0) is 73.6 Å². The van der Waals surface area contributed by atoms with E-state index in [0.29, 0.717) is 25.9 Å². The predicted molar refractivity (Wildman–Crippen MR) is 119 cm³/mol. The fourth-order valence-corrected chi connectivity index (χ4v) is 6.26. The number of carbonyl (C=O) groups is 2. The van der Waals surface area contributed by atoms with Gasteiger partial charge in [0.25, 0.3) is 0 Å². The summed E-state index contributed by atoms with van der Waals surface area (Å²) in [6.45, 7) is 0.675. The molecule has 4 rings (SSSR count). The summed E-state index contributed by atoms with van der Waals surface area (Å²) in [7, 11) is -2.37. The third kappa shape index (κ3) is 5.54. The van der Waals surface area contributed by atoms with E-state index in [4.69, 9.17) is 4.74 Å². The second-order valence-corrected chi connectivity index (χ2v) is 10.3. The number of methoxy groups -OCH3 is 1. The zero-order chi connectivity index (χ0) is 21.3. The fraction of sp³-hybridized carbons (Fsp3) is 0.619. The van der Waals surface area contributed by atoms with Crippen molar-refractivity contribution in [1.82, 2.24) is 9.62 Å².